The zero-order valence-electron chi connectivity index (χ0n) is 8.97. The predicted octanol–water partition coefficient (Wildman–Crippen LogP) is 2.19. The minimum Gasteiger partial charge on any atom is -0.350 e. The van der Waals surface area contributed by atoms with Gasteiger partial charge in [-0.15, -0.1) is 0 Å². The van der Waals surface area contributed by atoms with Crippen LogP contribution in [-0.2, 0) is 4.79 Å². The molecule has 16 heavy (non-hydrogen) atoms. The molecule has 0 unspecified atom stereocenters. The van der Waals surface area contributed by atoms with E-state index < -0.39 is 4.92 Å². The number of hydrogen-bond acceptors (Lipinski definition) is 4. The van der Waals surface area contributed by atoms with Gasteiger partial charge in [0, 0.05) is 23.1 Å². The van der Waals surface area contributed by atoms with Crippen LogP contribution in [0.4, 0.5) is 5.00 Å². The van der Waals surface area contributed by atoms with E-state index in [1.165, 1.54) is 12.1 Å². The average molecular weight is 240 g/mol. The van der Waals surface area contributed by atoms with E-state index >= 15 is 0 Å². The standard InChI is InChI=1S/C10H12N2O3S/c1-7(2)11-9(13)5-3-8-4-6-10(16-8)12(14)15/h3-7H,1-2H3,(H,11,13)/b5-3+. The molecular weight excluding hydrogens is 228 g/mol. The number of hydrogen-bond donors (Lipinski definition) is 1. The molecule has 0 saturated carbocycles. The summed E-state index contributed by atoms with van der Waals surface area (Å²) < 4.78 is 0. The van der Waals surface area contributed by atoms with Crippen LogP contribution in [0.2, 0.25) is 0 Å². The normalized spacial score (nSPS) is 10.9. The van der Waals surface area contributed by atoms with Gasteiger partial charge < -0.3 is 5.32 Å². The summed E-state index contributed by atoms with van der Waals surface area (Å²) in [6.07, 6.45) is 2.94. The van der Waals surface area contributed by atoms with Gasteiger partial charge in [-0.25, -0.2) is 0 Å². The first-order valence-electron chi connectivity index (χ1n) is 4.72. The molecule has 0 spiro atoms. The summed E-state index contributed by atoms with van der Waals surface area (Å²) in [5, 5.41) is 13.2. The van der Waals surface area contributed by atoms with Crippen LogP contribution in [-0.4, -0.2) is 16.9 Å². The third-order valence-corrected chi connectivity index (χ3v) is 2.62. The molecule has 86 valence electrons. The lowest BCUT2D eigenvalue weighted by atomic mass is 10.3. The molecule has 0 aliphatic carbocycles. The summed E-state index contributed by atoms with van der Waals surface area (Å²) in [7, 11) is 0. The number of carbonyl (C=O) groups is 1. The molecule has 1 amide bonds. The first-order valence-corrected chi connectivity index (χ1v) is 5.53. The summed E-state index contributed by atoms with van der Waals surface area (Å²) in [5.74, 6) is -0.203. The molecule has 0 bridgehead atoms. The summed E-state index contributed by atoms with van der Waals surface area (Å²) in [6, 6.07) is 3.11. The van der Waals surface area contributed by atoms with Crippen molar-refractivity contribution in [2.75, 3.05) is 0 Å². The molecule has 0 radical (unpaired) electrons. The Kier molecular flexibility index (Phi) is 4.19. The largest absolute Gasteiger partial charge is 0.350 e. The third kappa shape index (κ3) is 3.82. The molecule has 0 atom stereocenters. The Morgan fingerprint density at radius 1 is 1.56 bits per heavy atom. The van der Waals surface area contributed by atoms with Crippen LogP contribution in [0.5, 0.6) is 0 Å². The van der Waals surface area contributed by atoms with Gasteiger partial charge >= 0.3 is 5.00 Å². The van der Waals surface area contributed by atoms with E-state index in [1.54, 1.807) is 12.1 Å². The molecule has 1 N–H and O–H groups in total. The van der Waals surface area contributed by atoms with Gasteiger partial charge in [0.15, 0.2) is 0 Å². The maximum Gasteiger partial charge on any atom is 0.324 e. The molecule has 1 aromatic heterocycles. The van der Waals surface area contributed by atoms with Gasteiger partial charge in [0.1, 0.15) is 0 Å². The molecule has 5 nitrogen and oxygen atoms in total. The van der Waals surface area contributed by atoms with Gasteiger partial charge in [0.05, 0.1) is 4.92 Å². The second-order valence-electron chi connectivity index (χ2n) is 3.43. The maximum atomic E-state index is 11.2. The number of nitro groups is 1. The Morgan fingerprint density at radius 2 is 2.25 bits per heavy atom. The van der Waals surface area contributed by atoms with E-state index in [0.717, 1.165) is 11.3 Å². The van der Waals surface area contributed by atoms with Gasteiger partial charge in [0.25, 0.3) is 0 Å². The predicted molar refractivity (Wildman–Crippen MR) is 63.3 cm³/mol. The van der Waals surface area contributed by atoms with Gasteiger partial charge in [-0.05, 0) is 26.0 Å². The Hall–Kier alpha value is -1.69. The topological polar surface area (TPSA) is 72.2 Å². The van der Waals surface area contributed by atoms with Gasteiger partial charge in [-0.1, -0.05) is 11.3 Å². The van der Waals surface area contributed by atoms with Crippen LogP contribution >= 0.6 is 11.3 Å². The summed E-state index contributed by atoms with van der Waals surface area (Å²) in [6.45, 7) is 3.73. The molecule has 0 aromatic carbocycles. The number of nitrogens with one attached hydrogen (secondary N) is 1. The van der Waals surface area contributed by atoms with E-state index in [0.29, 0.717) is 4.88 Å². The number of thiophene rings is 1. The van der Waals surface area contributed by atoms with Crippen molar-refractivity contribution in [3.63, 3.8) is 0 Å². The summed E-state index contributed by atoms with van der Waals surface area (Å²) in [5.41, 5.74) is 0. The highest BCUT2D eigenvalue weighted by Gasteiger charge is 2.07. The van der Waals surface area contributed by atoms with Crippen LogP contribution in [0, 0.1) is 10.1 Å². The first-order chi connectivity index (χ1) is 7.49. The van der Waals surface area contributed by atoms with Crippen LogP contribution in [0.3, 0.4) is 0 Å². The van der Waals surface area contributed by atoms with Crippen molar-refractivity contribution >= 4 is 28.3 Å². The highest BCUT2D eigenvalue weighted by Crippen LogP contribution is 2.24. The summed E-state index contributed by atoms with van der Waals surface area (Å²) >= 11 is 1.04. The fourth-order valence-electron chi connectivity index (χ4n) is 1.02. The molecule has 1 aromatic rings. The summed E-state index contributed by atoms with van der Waals surface area (Å²) in [4.78, 5) is 21.9. The first kappa shape index (κ1) is 12.4. The van der Waals surface area contributed by atoms with E-state index in [-0.39, 0.29) is 17.0 Å². The van der Waals surface area contributed by atoms with Gasteiger partial charge in [-0.2, -0.15) is 0 Å². The van der Waals surface area contributed by atoms with E-state index in [4.69, 9.17) is 0 Å². The SMILES string of the molecule is CC(C)NC(=O)/C=C/c1ccc([N+](=O)[O-])s1. The molecule has 0 aliphatic rings. The number of nitrogens with zero attached hydrogens (tertiary/aromatic N) is 1. The lowest BCUT2D eigenvalue weighted by Gasteiger charge is -2.03. The third-order valence-electron chi connectivity index (χ3n) is 1.62. The maximum absolute atomic E-state index is 11.2. The van der Waals surface area contributed by atoms with Crippen LogP contribution in [0.1, 0.15) is 18.7 Å². The second kappa shape index (κ2) is 5.41. The molecule has 1 rings (SSSR count). The van der Waals surface area contributed by atoms with Gasteiger partial charge in [0.2, 0.25) is 5.91 Å². The van der Waals surface area contributed by atoms with E-state index in [1.807, 2.05) is 13.8 Å². The van der Waals surface area contributed by atoms with E-state index in [2.05, 4.69) is 5.32 Å². The lowest BCUT2D eigenvalue weighted by molar-refractivity contribution is -0.380. The molecule has 0 fully saturated rings. The van der Waals surface area contributed by atoms with Crippen LogP contribution < -0.4 is 5.32 Å². The number of carbonyl (C=O) groups excluding carboxylic acids is 1. The highest BCUT2D eigenvalue weighted by atomic mass is 32.1. The van der Waals surface area contributed by atoms with Gasteiger partial charge in [-0.3, -0.25) is 14.9 Å². The lowest BCUT2D eigenvalue weighted by Crippen LogP contribution is -2.28. The van der Waals surface area contributed by atoms with Crippen molar-refractivity contribution in [2.45, 2.75) is 19.9 Å². The second-order valence-corrected chi connectivity index (χ2v) is 4.52. The van der Waals surface area contributed by atoms with Crippen molar-refractivity contribution in [1.82, 2.24) is 5.32 Å². The molecular formula is C10H12N2O3S. The molecule has 0 aliphatic heterocycles. The minimum atomic E-state index is -0.448. The van der Waals surface area contributed by atoms with Crippen molar-refractivity contribution in [1.29, 1.82) is 0 Å². The molecule has 6 heteroatoms. The van der Waals surface area contributed by atoms with Crippen LogP contribution in [0.15, 0.2) is 18.2 Å². The highest BCUT2D eigenvalue weighted by molar-refractivity contribution is 7.16. The zero-order valence-corrected chi connectivity index (χ0v) is 9.78. The smallest absolute Gasteiger partial charge is 0.324 e. The number of rotatable bonds is 4. The minimum absolute atomic E-state index is 0.0731. The fourth-order valence-corrected chi connectivity index (χ4v) is 1.74. The monoisotopic (exact) mass is 240 g/mol. The van der Waals surface area contributed by atoms with Crippen molar-refractivity contribution in [2.24, 2.45) is 0 Å². The molecule has 1 heterocycles. The Morgan fingerprint density at radius 3 is 2.75 bits per heavy atom. The van der Waals surface area contributed by atoms with E-state index in [9.17, 15) is 14.9 Å². The zero-order chi connectivity index (χ0) is 12.1. The Bertz CT molecular complexity index is 423. The van der Waals surface area contributed by atoms with Crippen molar-refractivity contribution in [3.8, 4) is 0 Å². The Labute approximate surface area is 96.9 Å². The Balaban J connectivity index is 2.62. The average Bonchev–Trinajstić information content (AvgIpc) is 2.61. The van der Waals surface area contributed by atoms with Crippen molar-refractivity contribution in [3.05, 3.63) is 33.2 Å². The molecule has 0 saturated heterocycles. The van der Waals surface area contributed by atoms with Crippen LogP contribution in [0.25, 0.3) is 6.08 Å². The fraction of sp³-hybridized carbons (Fsp3) is 0.300. The van der Waals surface area contributed by atoms with Crippen molar-refractivity contribution < 1.29 is 9.72 Å². The quantitative estimate of drug-likeness (QED) is 0.498. The number of amides is 1.